The fourth-order valence-electron chi connectivity index (χ4n) is 3.96. The number of anilines is 1. The Morgan fingerprint density at radius 1 is 1.12 bits per heavy atom. The molecule has 0 bridgehead atoms. The van der Waals surface area contributed by atoms with Gasteiger partial charge in [-0.3, -0.25) is 14.5 Å². The number of benzene rings is 2. The van der Waals surface area contributed by atoms with E-state index >= 15 is 0 Å². The number of rotatable bonds is 4. The summed E-state index contributed by atoms with van der Waals surface area (Å²) in [5, 5.41) is 13.6. The topological polar surface area (TPSA) is 66.8 Å². The maximum Gasteiger partial charge on any atom is 0.300 e. The molecule has 2 aromatic carbocycles. The van der Waals surface area contributed by atoms with Gasteiger partial charge < -0.3 is 9.84 Å². The van der Waals surface area contributed by atoms with E-state index in [2.05, 4.69) is 0 Å². The lowest BCUT2D eigenvalue weighted by molar-refractivity contribution is -0.132. The van der Waals surface area contributed by atoms with E-state index in [-0.39, 0.29) is 26.9 Å². The number of hydrogen-bond acceptors (Lipinski definition) is 5. The number of ketones is 1. The number of amides is 1. The van der Waals surface area contributed by atoms with Crippen LogP contribution in [0.25, 0.3) is 5.76 Å². The molecule has 0 spiro atoms. The van der Waals surface area contributed by atoms with E-state index in [0.717, 1.165) is 16.0 Å². The van der Waals surface area contributed by atoms with E-state index in [1.807, 2.05) is 49.6 Å². The van der Waals surface area contributed by atoms with Crippen LogP contribution in [0.2, 0.25) is 10.0 Å². The Morgan fingerprint density at radius 2 is 1.88 bits per heavy atom. The van der Waals surface area contributed by atoms with Crippen molar-refractivity contribution in [2.24, 2.45) is 0 Å². The standard InChI is InChI=1S/C24H19Cl2NO4S/c1-12-6-7-17(13(2)9-12)27-20(18-5-4-8-32-18)19(22(29)24(27)30)21(28)15-10-14(25)11-16(26)23(15)31-3/h4-11,20,28H,1-3H3/b21-19-. The summed E-state index contributed by atoms with van der Waals surface area (Å²) < 4.78 is 5.35. The third kappa shape index (κ3) is 3.68. The molecule has 1 aliphatic rings. The van der Waals surface area contributed by atoms with Crippen LogP contribution in [0.15, 0.2) is 53.4 Å². The van der Waals surface area contributed by atoms with Crippen LogP contribution in [0.4, 0.5) is 5.69 Å². The van der Waals surface area contributed by atoms with Gasteiger partial charge in [0, 0.05) is 15.6 Å². The van der Waals surface area contributed by atoms with Crippen LogP contribution in [0, 0.1) is 13.8 Å². The molecule has 8 heteroatoms. The number of Topliss-reactive ketones (excluding diaryl/α,β-unsaturated/α-hetero) is 1. The number of carbonyl (C=O) groups excluding carboxylic acids is 2. The fraction of sp³-hybridized carbons (Fsp3) is 0.167. The van der Waals surface area contributed by atoms with E-state index < -0.39 is 23.5 Å². The highest BCUT2D eigenvalue weighted by molar-refractivity contribution is 7.10. The lowest BCUT2D eigenvalue weighted by atomic mass is 9.99. The van der Waals surface area contributed by atoms with E-state index in [9.17, 15) is 14.7 Å². The highest BCUT2D eigenvalue weighted by atomic mass is 35.5. The second-order valence-electron chi connectivity index (χ2n) is 7.44. The third-order valence-electron chi connectivity index (χ3n) is 5.34. The van der Waals surface area contributed by atoms with Crippen LogP contribution >= 0.6 is 34.5 Å². The first-order chi connectivity index (χ1) is 15.2. The summed E-state index contributed by atoms with van der Waals surface area (Å²) in [6.45, 7) is 3.84. The maximum absolute atomic E-state index is 13.2. The molecular weight excluding hydrogens is 469 g/mol. The van der Waals surface area contributed by atoms with Gasteiger partial charge >= 0.3 is 0 Å². The number of thiophene rings is 1. The van der Waals surface area contributed by atoms with Crippen molar-refractivity contribution in [3.8, 4) is 5.75 Å². The number of aliphatic hydroxyl groups excluding tert-OH is 1. The minimum Gasteiger partial charge on any atom is -0.507 e. The Bertz CT molecular complexity index is 1270. The highest BCUT2D eigenvalue weighted by Crippen LogP contribution is 2.46. The van der Waals surface area contributed by atoms with Crippen molar-refractivity contribution in [2.45, 2.75) is 19.9 Å². The van der Waals surface area contributed by atoms with E-state index in [4.69, 9.17) is 27.9 Å². The van der Waals surface area contributed by atoms with Crippen molar-refractivity contribution < 1.29 is 19.4 Å². The van der Waals surface area contributed by atoms with Gasteiger partial charge in [0.1, 0.15) is 17.6 Å². The quantitative estimate of drug-likeness (QED) is 0.266. The molecule has 164 valence electrons. The molecule has 1 atom stereocenters. The number of methoxy groups -OCH3 is 1. The van der Waals surface area contributed by atoms with Crippen LogP contribution in [0.1, 0.15) is 27.6 Å². The first-order valence-electron chi connectivity index (χ1n) is 9.69. The molecule has 5 nitrogen and oxygen atoms in total. The van der Waals surface area contributed by atoms with Gasteiger partial charge in [0.15, 0.2) is 0 Å². The smallest absolute Gasteiger partial charge is 0.300 e. The third-order valence-corrected chi connectivity index (χ3v) is 6.76. The number of halogens is 2. The van der Waals surface area contributed by atoms with Gasteiger partial charge in [0.25, 0.3) is 11.7 Å². The first kappa shape index (κ1) is 22.4. The monoisotopic (exact) mass is 487 g/mol. The molecule has 32 heavy (non-hydrogen) atoms. The largest absolute Gasteiger partial charge is 0.507 e. The predicted molar refractivity (Wildman–Crippen MR) is 128 cm³/mol. The number of ether oxygens (including phenoxy) is 1. The molecule has 1 aliphatic heterocycles. The Morgan fingerprint density at radius 3 is 2.50 bits per heavy atom. The number of hydrogen-bond donors (Lipinski definition) is 1. The lowest BCUT2D eigenvalue weighted by Gasteiger charge is -2.26. The van der Waals surface area contributed by atoms with Crippen molar-refractivity contribution in [1.29, 1.82) is 0 Å². The van der Waals surface area contributed by atoms with Gasteiger partial charge in [-0.25, -0.2) is 0 Å². The minimum absolute atomic E-state index is 0.0472. The second kappa shape index (κ2) is 8.62. The molecular formula is C24H19Cl2NO4S. The zero-order chi connectivity index (χ0) is 23.2. The predicted octanol–water partition coefficient (Wildman–Crippen LogP) is 6.31. The summed E-state index contributed by atoms with van der Waals surface area (Å²) in [5.74, 6) is -1.74. The van der Waals surface area contributed by atoms with E-state index in [1.54, 1.807) is 0 Å². The van der Waals surface area contributed by atoms with Gasteiger partial charge in [-0.15, -0.1) is 11.3 Å². The van der Waals surface area contributed by atoms with Crippen molar-refractivity contribution in [3.05, 3.63) is 85.0 Å². The fourth-order valence-corrected chi connectivity index (χ4v) is 5.36. The van der Waals surface area contributed by atoms with Crippen LogP contribution in [-0.4, -0.2) is 23.9 Å². The van der Waals surface area contributed by atoms with E-state index in [1.165, 1.54) is 35.5 Å². The molecule has 1 unspecified atom stereocenters. The lowest BCUT2D eigenvalue weighted by Crippen LogP contribution is -2.29. The highest BCUT2D eigenvalue weighted by Gasteiger charge is 2.48. The zero-order valence-electron chi connectivity index (χ0n) is 17.5. The van der Waals surface area contributed by atoms with Gasteiger partial charge in [-0.05, 0) is 49.1 Å². The summed E-state index contributed by atoms with van der Waals surface area (Å²) in [6.07, 6.45) is 0. The molecule has 2 heterocycles. The van der Waals surface area contributed by atoms with Gasteiger partial charge in [0.05, 0.1) is 23.3 Å². The normalized spacial score (nSPS) is 17.8. The van der Waals surface area contributed by atoms with E-state index in [0.29, 0.717) is 5.69 Å². The van der Waals surface area contributed by atoms with Gasteiger partial charge in [-0.2, -0.15) is 0 Å². The Kier molecular flexibility index (Phi) is 6.03. The molecule has 0 saturated carbocycles. The molecule has 1 fully saturated rings. The maximum atomic E-state index is 13.2. The molecule has 1 aromatic heterocycles. The average molecular weight is 488 g/mol. The molecule has 0 radical (unpaired) electrons. The van der Waals surface area contributed by atoms with Crippen molar-refractivity contribution in [3.63, 3.8) is 0 Å². The Hall–Kier alpha value is -2.80. The Balaban J connectivity index is 2.00. The number of aryl methyl sites for hydroxylation is 2. The summed E-state index contributed by atoms with van der Waals surface area (Å²) in [4.78, 5) is 28.7. The second-order valence-corrected chi connectivity index (χ2v) is 9.27. The molecule has 1 saturated heterocycles. The molecule has 1 amide bonds. The molecule has 3 aromatic rings. The summed E-state index contributed by atoms with van der Waals surface area (Å²) in [6, 6.07) is 11.4. The van der Waals surface area contributed by atoms with Crippen LogP contribution in [-0.2, 0) is 9.59 Å². The van der Waals surface area contributed by atoms with Crippen molar-refractivity contribution in [2.75, 3.05) is 12.0 Å². The van der Waals surface area contributed by atoms with Crippen molar-refractivity contribution in [1.82, 2.24) is 0 Å². The minimum atomic E-state index is -0.807. The summed E-state index contributed by atoms with van der Waals surface area (Å²) in [7, 11) is 1.40. The first-order valence-corrected chi connectivity index (χ1v) is 11.3. The Labute approximate surface area is 199 Å². The number of aliphatic hydroxyl groups is 1. The van der Waals surface area contributed by atoms with Gasteiger partial charge in [0.2, 0.25) is 0 Å². The number of nitrogens with zero attached hydrogens (tertiary/aromatic N) is 1. The van der Waals surface area contributed by atoms with Gasteiger partial charge in [-0.1, -0.05) is 47.0 Å². The molecule has 0 aliphatic carbocycles. The van der Waals surface area contributed by atoms with Crippen molar-refractivity contribution >= 4 is 57.7 Å². The van der Waals surface area contributed by atoms with Crippen LogP contribution in [0.3, 0.4) is 0 Å². The van der Waals surface area contributed by atoms with Crippen LogP contribution < -0.4 is 9.64 Å². The molecule has 4 rings (SSSR count). The number of carbonyl (C=O) groups is 2. The zero-order valence-corrected chi connectivity index (χ0v) is 19.8. The SMILES string of the molecule is COc1c(Cl)cc(Cl)cc1/C(O)=C1/C(=O)C(=O)N(c2ccc(C)cc2C)C1c1cccs1. The molecule has 1 N–H and O–H groups in total. The average Bonchev–Trinajstić information content (AvgIpc) is 3.35. The summed E-state index contributed by atoms with van der Waals surface area (Å²) >= 11 is 13.8. The summed E-state index contributed by atoms with van der Waals surface area (Å²) in [5.41, 5.74) is 2.58. The van der Waals surface area contributed by atoms with Crippen LogP contribution in [0.5, 0.6) is 5.75 Å².